The smallest absolute Gasteiger partial charge is 0.199 e. The lowest BCUT2D eigenvalue weighted by Gasteiger charge is -2.05. The maximum absolute atomic E-state index is 12.4. The van der Waals surface area contributed by atoms with E-state index in [1.54, 1.807) is 12.1 Å². The molecule has 0 spiro atoms. The normalized spacial score (nSPS) is 13.2. The SMILES string of the molecule is Cc1ccc([S@](C)=NS(=O)(=O)c2ccc(CCBr)cc2)cc1. The lowest BCUT2D eigenvalue weighted by atomic mass is 10.2. The zero-order valence-electron chi connectivity index (χ0n) is 12.5. The first kappa shape index (κ1) is 17.4. The van der Waals surface area contributed by atoms with Gasteiger partial charge in [0.1, 0.15) is 0 Å². The number of aryl methyl sites for hydroxylation is 2. The number of alkyl halides is 1. The quantitative estimate of drug-likeness (QED) is 0.709. The fourth-order valence-electron chi connectivity index (χ4n) is 1.91. The van der Waals surface area contributed by atoms with Gasteiger partial charge >= 0.3 is 0 Å². The van der Waals surface area contributed by atoms with Crippen LogP contribution in [0.5, 0.6) is 0 Å². The highest BCUT2D eigenvalue weighted by Gasteiger charge is 2.13. The zero-order valence-corrected chi connectivity index (χ0v) is 15.7. The third-order valence-electron chi connectivity index (χ3n) is 3.18. The van der Waals surface area contributed by atoms with Crippen LogP contribution in [0.2, 0.25) is 0 Å². The van der Waals surface area contributed by atoms with Crippen LogP contribution in [0.4, 0.5) is 0 Å². The van der Waals surface area contributed by atoms with Crippen molar-refractivity contribution in [1.29, 1.82) is 0 Å². The Kier molecular flexibility index (Phi) is 5.94. The molecule has 118 valence electrons. The number of benzene rings is 2. The molecule has 0 aromatic heterocycles. The Hall–Kier alpha value is -0.980. The van der Waals surface area contributed by atoms with Crippen molar-refractivity contribution in [2.45, 2.75) is 23.1 Å². The van der Waals surface area contributed by atoms with Crippen molar-refractivity contribution in [3.63, 3.8) is 0 Å². The van der Waals surface area contributed by atoms with Crippen molar-refractivity contribution in [2.75, 3.05) is 11.6 Å². The highest BCUT2D eigenvalue weighted by Crippen LogP contribution is 2.17. The molecule has 0 radical (unpaired) electrons. The van der Waals surface area contributed by atoms with Gasteiger partial charge in [-0.25, -0.2) is 0 Å². The lowest BCUT2D eigenvalue weighted by Crippen LogP contribution is -2.00. The molecule has 0 amide bonds. The monoisotopic (exact) mass is 399 g/mol. The highest BCUT2D eigenvalue weighted by molar-refractivity contribution is 9.09. The standard InChI is InChI=1S/C16H18BrNO2S2/c1-13-3-7-15(8-4-13)21(2)18-22(19,20)16-9-5-14(6-10-16)11-12-17/h3-10H,11-12H2,1-2H3/t21-/m0/s1. The summed E-state index contributed by atoms with van der Waals surface area (Å²) in [6, 6.07) is 14.7. The molecule has 2 rings (SSSR count). The second-order valence-electron chi connectivity index (χ2n) is 4.92. The van der Waals surface area contributed by atoms with Gasteiger partial charge in [0.05, 0.1) is 4.90 Å². The van der Waals surface area contributed by atoms with E-state index in [0.29, 0.717) is 0 Å². The number of nitrogens with zero attached hydrogens (tertiary/aromatic N) is 1. The van der Waals surface area contributed by atoms with E-state index in [2.05, 4.69) is 19.7 Å². The second kappa shape index (κ2) is 7.53. The highest BCUT2D eigenvalue weighted by atomic mass is 79.9. The molecule has 0 saturated carbocycles. The average molecular weight is 400 g/mol. The first-order chi connectivity index (χ1) is 10.4. The molecule has 0 heterocycles. The molecular formula is C16H18BrNO2S2. The molecule has 1 atom stereocenters. The van der Waals surface area contributed by atoms with Gasteiger partial charge < -0.3 is 0 Å². The van der Waals surface area contributed by atoms with E-state index in [4.69, 9.17) is 0 Å². The molecule has 0 aliphatic heterocycles. The van der Waals surface area contributed by atoms with E-state index in [1.165, 1.54) is 0 Å². The van der Waals surface area contributed by atoms with Crippen LogP contribution in [0.25, 0.3) is 0 Å². The number of hydrogen-bond acceptors (Lipinski definition) is 2. The summed E-state index contributed by atoms with van der Waals surface area (Å²) < 4.78 is 28.8. The molecule has 2 aromatic rings. The molecule has 0 unspecified atom stereocenters. The summed E-state index contributed by atoms with van der Waals surface area (Å²) in [6.07, 6.45) is 2.69. The van der Waals surface area contributed by atoms with Gasteiger partial charge in [0.2, 0.25) is 0 Å². The van der Waals surface area contributed by atoms with Crippen LogP contribution < -0.4 is 0 Å². The minimum absolute atomic E-state index is 0.247. The van der Waals surface area contributed by atoms with Gasteiger partial charge in [-0.15, -0.1) is 3.77 Å². The van der Waals surface area contributed by atoms with E-state index in [1.807, 2.05) is 49.6 Å². The lowest BCUT2D eigenvalue weighted by molar-refractivity contribution is 0.598. The topological polar surface area (TPSA) is 46.5 Å². The Balaban J connectivity index is 2.29. The molecule has 0 saturated heterocycles. The van der Waals surface area contributed by atoms with E-state index in [-0.39, 0.29) is 4.90 Å². The summed E-state index contributed by atoms with van der Waals surface area (Å²) in [4.78, 5) is 1.17. The minimum atomic E-state index is -3.62. The summed E-state index contributed by atoms with van der Waals surface area (Å²) >= 11 is 3.37. The Morgan fingerprint density at radius 2 is 1.64 bits per heavy atom. The Bertz CT molecular complexity index is 767. The van der Waals surface area contributed by atoms with Gasteiger partial charge in [0.25, 0.3) is 10.0 Å². The Labute approximate surface area is 143 Å². The third kappa shape index (κ3) is 4.51. The molecule has 0 N–H and O–H groups in total. The fraction of sp³-hybridized carbons (Fsp3) is 0.250. The van der Waals surface area contributed by atoms with Crippen LogP contribution in [-0.4, -0.2) is 20.0 Å². The van der Waals surface area contributed by atoms with E-state index in [0.717, 1.165) is 27.8 Å². The summed E-state index contributed by atoms with van der Waals surface area (Å²) in [5.41, 5.74) is 2.25. The zero-order chi connectivity index (χ0) is 16.2. The van der Waals surface area contributed by atoms with Crippen LogP contribution >= 0.6 is 15.9 Å². The summed E-state index contributed by atoms with van der Waals surface area (Å²) in [5, 5.41) is 0.856. The largest absolute Gasteiger partial charge is 0.288 e. The summed E-state index contributed by atoms with van der Waals surface area (Å²) in [7, 11) is -4.31. The molecule has 22 heavy (non-hydrogen) atoms. The van der Waals surface area contributed by atoms with Crippen LogP contribution in [0, 0.1) is 6.92 Å². The molecular weight excluding hydrogens is 382 g/mol. The van der Waals surface area contributed by atoms with Crippen LogP contribution in [0.15, 0.2) is 62.1 Å². The first-order valence-electron chi connectivity index (χ1n) is 6.78. The first-order valence-corrected chi connectivity index (χ1v) is 10.9. The Morgan fingerprint density at radius 3 is 2.18 bits per heavy atom. The second-order valence-corrected chi connectivity index (χ2v) is 9.16. The molecule has 0 fully saturated rings. The van der Waals surface area contributed by atoms with Crippen molar-refractivity contribution in [1.82, 2.24) is 0 Å². The van der Waals surface area contributed by atoms with Crippen molar-refractivity contribution < 1.29 is 8.42 Å². The van der Waals surface area contributed by atoms with Gasteiger partial charge in [-0.1, -0.05) is 56.5 Å². The maximum atomic E-state index is 12.4. The molecule has 3 nitrogen and oxygen atoms in total. The summed E-state index contributed by atoms with van der Waals surface area (Å²) in [6.45, 7) is 2.00. The van der Waals surface area contributed by atoms with Gasteiger partial charge in [0, 0.05) is 10.2 Å². The molecule has 0 aliphatic rings. The van der Waals surface area contributed by atoms with Crippen LogP contribution in [0.3, 0.4) is 0 Å². The molecule has 6 heteroatoms. The van der Waals surface area contributed by atoms with Crippen LogP contribution in [-0.2, 0) is 27.1 Å². The molecule has 0 bridgehead atoms. The van der Waals surface area contributed by atoms with Gasteiger partial charge in [-0.05, 0) is 49.4 Å². The molecule has 2 aromatic carbocycles. The average Bonchev–Trinajstić information content (AvgIpc) is 2.48. The number of rotatable bonds is 5. The van der Waals surface area contributed by atoms with Crippen LogP contribution in [0.1, 0.15) is 11.1 Å². The van der Waals surface area contributed by atoms with Crippen molar-refractivity contribution in [2.24, 2.45) is 3.77 Å². The van der Waals surface area contributed by atoms with Crippen molar-refractivity contribution in [3.8, 4) is 0 Å². The van der Waals surface area contributed by atoms with E-state index in [9.17, 15) is 8.42 Å². The third-order valence-corrected chi connectivity index (χ3v) is 7.07. The van der Waals surface area contributed by atoms with E-state index < -0.39 is 20.7 Å². The summed E-state index contributed by atoms with van der Waals surface area (Å²) in [5.74, 6) is 0. The maximum Gasteiger partial charge on any atom is 0.288 e. The van der Waals surface area contributed by atoms with Gasteiger partial charge in [0.15, 0.2) is 0 Å². The van der Waals surface area contributed by atoms with E-state index >= 15 is 0 Å². The molecule has 0 aliphatic carbocycles. The number of sulfonamides is 1. The fourth-order valence-corrected chi connectivity index (χ4v) is 5.24. The van der Waals surface area contributed by atoms with Gasteiger partial charge in [-0.3, -0.25) is 0 Å². The predicted octanol–water partition coefficient (Wildman–Crippen LogP) is 4.11. The minimum Gasteiger partial charge on any atom is -0.199 e. The number of halogens is 1. The van der Waals surface area contributed by atoms with Crippen molar-refractivity contribution >= 4 is 36.6 Å². The van der Waals surface area contributed by atoms with Gasteiger partial charge in [-0.2, -0.15) is 8.42 Å². The Morgan fingerprint density at radius 1 is 1.05 bits per heavy atom. The number of hydrogen-bond donors (Lipinski definition) is 0. The van der Waals surface area contributed by atoms with Crippen molar-refractivity contribution in [3.05, 3.63) is 59.7 Å². The predicted molar refractivity (Wildman–Crippen MR) is 96.3 cm³/mol.